The molecule has 1 aliphatic heterocycles. The molecule has 20 heavy (non-hydrogen) atoms. The number of hydrogen-bond acceptors (Lipinski definition) is 4. The highest BCUT2D eigenvalue weighted by molar-refractivity contribution is 5.94. The first kappa shape index (κ1) is 14.8. The second-order valence-electron chi connectivity index (χ2n) is 4.80. The van der Waals surface area contributed by atoms with Crippen molar-refractivity contribution in [2.24, 2.45) is 0 Å². The molecule has 2 rings (SSSR count). The van der Waals surface area contributed by atoms with Gasteiger partial charge in [-0.15, -0.1) is 0 Å². The summed E-state index contributed by atoms with van der Waals surface area (Å²) in [5.74, 6) is 0.628. The summed E-state index contributed by atoms with van der Waals surface area (Å²) in [4.78, 5) is 12.1. The predicted molar refractivity (Wildman–Crippen MR) is 75.0 cm³/mol. The number of nitrogens with one attached hydrogen (secondary N) is 1. The number of carbonyl (C=O) groups is 1. The molecule has 1 fully saturated rings. The molecule has 1 saturated heterocycles. The lowest BCUT2D eigenvalue weighted by Gasteiger charge is -2.12. The van der Waals surface area contributed by atoms with Crippen molar-refractivity contribution < 1.29 is 19.0 Å². The average Bonchev–Trinajstić information content (AvgIpc) is 2.98. The van der Waals surface area contributed by atoms with Gasteiger partial charge >= 0.3 is 0 Å². The Bertz CT molecular complexity index is 455. The summed E-state index contributed by atoms with van der Waals surface area (Å²) in [5, 5.41) is 2.90. The van der Waals surface area contributed by atoms with Gasteiger partial charge in [0.25, 0.3) is 5.91 Å². The Morgan fingerprint density at radius 2 is 2.30 bits per heavy atom. The number of rotatable bonds is 6. The van der Waals surface area contributed by atoms with Crippen LogP contribution in [0.15, 0.2) is 18.2 Å². The molecule has 1 amide bonds. The molecular formula is C15H21NO4. The number of ether oxygens (including phenoxy) is 3. The molecule has 0 spiro atoms. The normalized spacial score (nSPS) is 18.0. The lowest BCUT2D eigenvalue weighted by Crippen LogP contribution is -2.31. The molecule has 1 N–H and O–H groups in total. The van der Waals surface area contributed by atoms with Gasteiger partial charge in [0, 0.05) is 31.4 Å². The summed E-state index contributed by atoms with van der Waals surface area (Å²) >= 11 is 0. The van der Waals surface area contributed by atoms with E-state index in [1.165, 1.54) is 0 Å². The highest BCUT2D eigenvalue weighted by Gasteiger charge is 2.17. The van der Waals surface area contributed by atoms with Gasteiger partial charge in [-0.1, -0.05) is 0 Å². The SMILES string of the molecule is COCc1cc(C(=O)NCC2CCCO2)ccc1OC. The zero-order valence-corrected chi connectivity index (χ0v) is 12.0. The Kier molecular flexibility index (Phi) is 5.38. The standard InChI is InChI=1S/C15H21NO4/c1-18-10-12-8-11(5-6-14(12)19-2)15(17)16-9-13-4-3-7-20-13/h5-6,8,13H,3-4,7,9-10H2,1-2H3,(H,16,17). The minimum absolute atomic E-state index is 0.0968. The van der Waals surface area contributed by atoms with Gasteiger partial charge in [-0.2, -0.15) is 0 Å². The van der Waals surface area contributed by atoms with Crippen LogP contribution in [0.3, 0.4) is 0 Å². The summed E-state index contributed by atoms with van der Waals surface area (Å²) in [5.41, 5.74) is 1.47. The van der Waals surface area contributed by atoms with Crippen molar-refractivity contribution in [3.05, 3.63) is 29.3 Å². The van der Waals surface area contributed by atoms with Crippen LogP contribution < -0.4 is 10.1 Å². The molecular weight excluding hydrogens is 258 g/mol. The number of benzene rings is 1. The average molecular weight is 279 g/mol. The maximum atomic E-state index is 12.1. The van der Waals surface area contributed by atoms with Crippen molar-refractivity contribution in [2.45, 2.75) is 25.6 Å². The van der Waals surface area contributed by atoms with Crippen LogP contribution in [0.25, 0.3) is 0 Å². The minimum Gasteiger partial charge on any atom is -0.496 e. The first-order valence-corrected chi connectivity index (χ1v) is 6.80. The van der Waals surface area contributed by atoms with Gasteiger partial charge < -0.3 is 19.5 Å². The fourth-order valence-electron chi connectivity index (χ4n) is 2.30. The van der Waals surface area contributed by atoms with E-state index in [0.29, 0.717) is 18.7 Å². The third kappa shape index (κ3) is 3.71. The smallest absolute Gasteiger partial charge is 0.251 e. The lowest BCUT2D eigenvalue weighted by atomic mass is 10.1. The minimum atomic E-state index is -0.0968. The Balaban J connectivity index is 1.99. The summed E-state index contributed by atoms with van der Waals surface area (Å²) in [6.07, 6.45) is 2.23. The fourth-order valence-corrected chi connectivity index (χ4v) is 2.30. The van der Waals surface area contributed by atoms with E-state index in [1.54, 1.807) is 32.4 Å². The summed E-state index contributed by atoms with van der Waals surface area (Å²) < 4.78 is 15.8. The highest BCUT2D eigenvalue weighted by atomic mass is 16.5. The molecule has 0 aromatic heterocycles. The Hall–Kier alpha value is -1.59. The van der Waals surface area contributed by atoms with Crippen LogP contribution in [0.2, 0.25) is 0 Å². The van der Waals surface area contributed by atoms with Crippen molar-refractivity contribution in [2.75, 3.05) is 27.4 Å². The largest absolute Gasteiger partial charge is 0.496 e. The van der Waals surface area contributed by atoms with Crippen LogP contribution in [0.5, 0.6) is 5.75 Å². The molecule has 1 aliphatic rings. The molecule has 110 valence electrons. The molecule has 1 aromatic rings. The van der Waals surface area contributed by atoms with E-state index in [2.05, 4.69) is 5.32 Å². The first-order chi connectivity index (χ1) is 9.74. The van der Waals surface area contributed by atoms with Crippen molar-refractivity contribution in [3.8, 4) is 5.75 Å². The molecule has 1 unspecified atom stereocenters. The number of methoxy groups -OCH3 is 2. The van der Waals surface area contributed by atoms with Crippen molar-refractivity contribution in [1.82, 2.24) is 5.32 Å². The van der Waals surface area contributed by atoms with E-state index < -0.39 is 0 Å². The quantitative estimate of drug-likeness (QED) is 0.862. The van der Waals surface area contributed by atoms with E-state index in [4.69, 9.17) is 14.2 Å². The van der Waals surface area contributed by atoms with Crippen LogP contribution in [0, 0.1) is 0 Å². The number of amides is 1. The maximum Gasteiger partial charge on any atom is 0.251 e. The topological polar surface area (TPSA) is 56.8 Å². The zero-order chi connectivity index (χ0) is 14.4. The first-order valence-electron chi connectivity index (χ1n) is 6.80. The van der Waals surface area contributed by atoms with Crippen molar-refractivity contribution in [1.29, 1.82) is 0 Å². The molecule has 1 aromatic carbocycles. The monoisotopic (exact) mass is 279 g/mol. The van der Waals surface area contributed by atoms with Crippen LogP contribution in [0.1, 0.15) is 28.8 Å². The predicted octanol–water partition coefficient (Wildman–Crippen LogP) is 1.75. The molecule has 0 radical (unpaired) electrons. The zero-order valence-electron chi connectivity index (χ0n) is 12.0. The van der Waals surface area contributed by atoms with Gasteiger partial charge in [0.2, 0.25) is 0 Å². The third-order valence-corrected chi connectivity index (χ3v) is 3.36. The van der Waals surface area contributed by atoms with E-state index >= 15 is 0 Å². The van der Waals surface area contributed by atoms with Gasteiger partial charge in [0.15, 0.2) is 0 Å². The summed E-state index contributed by atoms with van der Waals surface area (Å²) in [6.45, 7) is 1.77. The molecule has 5 heteroatoms. The van der Waals surface area contributed by atoms with Gasteiger partial charge in [-0.3, -0.25) is 4.79 Å². The molecule has 0 bridgehead atoms. The third-order valence-electron chi connectivity index (χ3n) is 3.36. The van der Waals surface area contributed by atoms with E-state index in [0.717, 1.165) is 30.8 Å². The maximum absolute atomic E-state index is 12.1. The summed E-state index contributed by atoms with van der Waals surface area (Å²) in [7, 11) is 3.22. The Labute approximate surface area is 119 Å². The summed E-state index contributed by atoms with van der Waals surface area (Å²) in [6, 6.07) is 5.34. The van der Waals surface area contributed by atoms with Crippen LogP contribution in [-0.2, 0) is 16.1 Å². The van der Waals surface area contributed by atoms with Crippen molar-refractivity contribution >= 4 is 5.91 Å². The Morgan fingerprint density at radius 1 is 1.45 bits per heavy atom. The van der Waals surface area contributed by atoms with Gasteiger partial charge in [-0.25, -0.2) is 0 Å². The van der Waals surface area contributed by atoms with Crippen molar-refractivity contribution in [3.63, 3.8) is 0 Å². The van der Waals surface area contributed by atoms with E-state index in [9.17, 15) is 4.79 Å². The van der Waals surface area contributed by atoms with Crippen LogP contribution in [-0.4, -0.2) is 39.4 Å². The molecule has 0 saturated carbocycles. The van der Waals surface area contributed by atoms with Gasteiger partial charge in [-0.05, 0) is 31.0 Å². The van der Waals surface area contributed by atoms with E-state index in [1.807, 2.05) is 0 Å². The molecule has 1 atom stereocenters. The number of hydrogen-bond donors (Lipinski definition) is 1. The molecule has 1 heterocycles. The van der Waals surface area contributed by atoms with Gasteiger partial charge in [0.05, 0.1) is 19.8 Å². The highest BCUT2D eigenvalue weighted by Crippen LogP contribution is 2.20. The molecule has 5 nitrogen and oxygen atoms in total. The lowest BCUT2D eigenvalue weighted by molar-refractivity contribution is 0.0857. The van der Waals surface area contributed by atoms with E-state index in [-0.39, 0.29) is 12.0 Å². The second-order valence-corrected chi connectivity index (χ2v) is 4.80. The number of carbonyl (C=O) groups excluding carboxylic acids is 1. The van der Waals surface area contributed by atoms with Crippen LogP contribution >= 0.6 is 0 Å². The van der Waals surface area contributed by atoms with Crippen LogP contribution in [0.4, 0.5) is 0 Å². The second kappa shape index (κ2) is 7.26. The van der Waals surface area contributed by atoms with Gasteiger partial charge in [0.1, 0.15) is 5.75 Å². The Morgan fingerprint density at radius 3 is 2.95 bits per heavy atom. The fraction of sp³-hybridized carbons (Fsp3) is 0.533. The molecule has 0 aliphatic carbocycles.